The van der Waals surface area contributed by atoms with E-state index in [1.54, 1.807) is 4.90 Å². The number of anilines is 1. The molecule has 4 heteroatoms. The van der Waals surface area contributed by atoms with Gasteiger partial charge in [-0.1, -0.05) is 18.2 Å². The number of rotatable bonds is 4. The van der Waals surface area contributed by atoms with Gasteiger partial charge in [-0.3, -0.25) is 0 Å². The van der Waals surface area contributed by atoms with Gasteiger partial charge in [0.15, 0.2) is 0 Å². The third kappa shape index (κ3) is 2.28. The molecular weight excluding hydrogens is 226 g/mol. The number of nitrogens with two attached hydrogens (primary N) is 1. The summed E-state index contributed by atoms with van der Waals surface area (Å²) in [7, 11) is 0. The van der Waals surface area contributed by atoms with Crippen molar-refractivity contribution in [2.45, 2.75) is 32.2 Å². The SMILES string of the molecule is CCN(CC)C(=O)NC1(c2ccccc2N)CC1. The number of carbonyl (C=O) groups is 1. The standard InChI is InChI=1S/C14H21N3O/c1-3-17(4-2)13(18)16-14(9-10-14)11-7-5-6-8-12(11)15/h5-8H,3-4,9-10,15H2,1-2H3,(H,16,18). The number of para-hydroxylation sites is 1. The van der Waals surface area contributed by atoms with Crippen LogP contribution in [0.3, 0.4) is 0 Å². The molecule has 0 spiro atoms. The molecular formula is C14H21N3O. The minimum Gasteiger partial charge on any atom is -0.398 e. The molecule has 1 saturated carbocycles. The molecule has 1 aromatic carbocycles. The van der Waals surface area contributed by atoms with Crippen LogP contribution in [0.25, 0.3) is 0 Å². The fourth-order valence-corrected chi connectivity index (χ4v) is 2.31. The van der Waals surface area contributed by atoms with Crippen molar-refractivity contribution in [1.29, 1.82) is 0 Å². The van der Waals surface area contributed by atoms with Crippen molar-refractivity contribution >= 4 is 11.7 Å². The number of urea groups is 1. The van der Waals surface area contributed by atoms with Gasteiger partial charge in [0.05, 0.1) is 5.54 Å². The molecule has 1 aliphatic carbocycles. The molecule has 0 aliphatic heterocycles. The van der Waals surface area contributed by atoms with Crippen LogP contribution in [0.1, 0.15) is 32.3 Å². The Labute approximate surface area is 108 Å². The van der Waals surface area contributed by atoms with E-state index in [4.69, 9.17) is 5.73 Å². The summed E-state index contributed by atoms with van der Waals surface area (Å²) in [6.45, 7) is 5.42. The van der Waals surface area contributed by atoms with Gasteiger partial charge >= 0.3 is 6.03 Å². The predicted molar refractivity (Wildman–Crippen MR) is 73.2 cm³/mol. The Kier molecular flexibility index (Phi) is 3.45. The van der Waals surface area contributed by atoms with E-state index in [1.165, 1.54) is 0 Å². The lowest BCUT2D eigenvalue weighted by atomic mass is 10.0. The Bertz CT molecular complexity index is 436. The van der Waals surface area contributed by atoms with Crippen LogP contribution in [0.2, 0.25) is 0 Å². The van der Waals surface area contributed by atoms with E-state index >= 15 is 0 Å². The van der Waals surface area contributed by atoms with Gasteiger partial charge in [-0.2, -0.15) is 0 Å². The van der Waals surface area contributed by atoms with Crippen LogP contribution < -0.4 is 11.1 Å². The third-order valence-electron chi connectivity index (χ3n) is 3.62. The first-order valence-corrected chi connectivity index (χ1v) is 6.55. The summed E-state index contributed by atoms with van der Waals surface area (Å²) in [6.07, 6.45) is 1.93. The molecule has 2 amide bonds. The molecule has 2 rings (SSSR count). The number of benzene rings is 1. The van der Waals surface area contributed by atoms with Crippen molar-refractivity contribution < 1.29 is 4.79 Å². The topological polar surface area (TPSA) is 58.4 Å². The Morgan fingerprint density at radius 1 is 1.33 bits per heavy atom. The Morgan fingerprint density at radius 3 is 2.44 bits per heavy atom. The average molecular weight is 247 g/mol. The van der Waals surface area contributed by atoms with Crippen LogP contribution in [-0.2, 0) is 5.54 Å². The summed E-state index contributed by atoms with van der Waals surface area (Å²) in [4.78, 5) is 13.9. The minimum absolute atomic E-state index is 0.000697. The molecule has 1 fully saturated rings. The highest BCUT2D eigenvalue weighted by Crippen LogP contribution is 2.47. The number of nitrogens with one attached hydrogen (secondary N) is 1. The van der Waals surface area contributed by atoms with Crippen molar-refractivity contribution in [2.24, 2.45) is 0 Å². The molecule has 0 aromatic heterocycles. The molecule has 0 bridgehead atoms. The molecule has 0 unspecified atom stereocenters. The van der Waals surface area contributed by atoms with Crippen LogP contribution in [0, 0.1) is 0 Å². The molecule has 0 heterocycles. The lowest BCUT2D eigenvalue weighted by molar-refractivity contribution is 0.197. The largest absolute Gasteiger partial charge is 0.398 e. The lowest BCUT2D eigenvalue weighted by Crippen LogP contribution is -2.45. The van der Waals surface area contributed by atoms with Gasteiger partial charge in [0.25, 0.3) is 0 Å². The number of nitrogen functional groups attached to an aromatic ring is 1. The molecule has 1 aliphatic rings. The maximum atomic E-state index is 12.1. The predicted octanol–water partition coefficient (Wildman–Crippen LogP) is 2.31. The maximum Gasteiger partial charge on any atom is 0.318 e. The molecule has 0 atom stereocenters. The molecule has 18 heavy (non-hydrogen) atoms. The van der Waals surface area contributed by atoms with Crippen LogP contribution in [-0.4, -0.2) is 24.0 Å². The quantitative estimate of drug-likeness (QED) is 0.802. The van der Waals surface area contributed by atoms with E-state index in [1.807, 2.05) is 38.1 Å². The van der Waals surface area contributed by atoms with E-state index in [2.05, 4.69) is 5.32 Å². The Balaban J connectivity index is 2.14. The van der Waals surface area contributed by atoms with Crippen LogP contribution in [0.5, 0.6) is 0 Å². The zero-order valence-corrected chi connectivity index (χ0v) is 11.1. The summed E-state index contributed by atoms with van der Waals surface area (Å²) >= 11 is 0. The molecule has 98 valence electrons. The van der Waals surface area contributed by atoms with Crippen molar-refractivity contribution in [3.63, 3.8) is 0 Å². The molecule has 0 saturated heterocycles. The van der Waals surface area contributed by atoms with Crippen molar-refractivity contribution in [3.8, 4) is 0 Å². The molecule has 4 nitrogen and oxygen atoms in total. The Hall–Kier alpha value is -1.71. The number of carbonyl (C=O) groups excluding carboxylic acids is 1. The second-order valence-corrected chi connectivity index (χ2v) is 4.77. The highest BCUT2D eigenvalue weighted by atomic mass is 16.2. The highest BCUT2D eigenvalue weighted by molar-refractivity contribution is 5.76. The number of hydrogen-bond donors (Lipinski definition) is 2. The number of nitrogens with zero attached hydrogens (tertiary/aromatic N) is 1. The second-order valence-electron chi connectivity index (χ2n) is 4.77. The fraction of sp³-hybridized carbons (Fsp3) is 0.500. The van der Waals surface area contributed by atoms with Crippen molar-refractivity contribution in [1.82, 2.24) is 10.2 Å². The number of amides is 2. The second kappa shape index (κ2) is 4.88. The normalized spacial score (nSPS) is 16.1. The van der Waals surface area contributed by atoms with Gasteiger partial charge < -0.3 is 16.0 Å². The van der Waals surface area contributed by atoms with Crippen molar-refractivity contribution in [3.05, 3.63) is 29.8 Å². The van der Waals surface area contributed by atoms with Gasteiger partial charge in [0.1, 0.15) is 0 Å². The summed E-state index contributed by atoms with van der Waals surface area (Å²) < 4.78 is 0. The van der Waals surface area contributed by atoms with Crippen LogP contribution in [0.15, 0.2) is 24.3 Å². The highest BCUT2D eigenvalue weighted by Gasteiger charge is 2.47. The Morgan fingerprint density at radius 2 is 1.94 bits per heavy atom. The summed E-state index contributed by atoms with van der Waals surface area (Å²) in [6, 6.07) is 7.78. The summed E-state index contributed by atoms with van der Waals surface area (Å²) in [5.41, 5.74) is 7.57. The van der Waals surface area contributed by atoms with Crippen LogP contribution >= 0.6 is 0 Å². The van der Waals surface area contributed by atoms with Gasteiger partial charge in [-0.25, -0.2) is 4.79 Å². The van der Waals surface area contributed by atoms with Crippen molar-refractivity contribution in [2.75, 3.05) is 18.8 Å². The first-order valence-electron chi connectivity index (χ1n) is 6.55. The van der Waals surface area contributed by atoms with E-state index < -0.39 is 0 Å². The molecule has 1 aromatic rings. The maximum absolute atomic E-state index is 12.1. The van der Waals surface area contributed by atoms with Crippen LogP contribution in [0.4, 0.5) is 10.5 Å². The smallest absolute Gasteiger partial charge is 0.318 e. The first-order chi connectivity index (χ1) is 8.63. The minimum atomic E-state index is -0.231. The van der Waals surface area contributed by atoms with Gasteiger partial charge in [-0.05, 0) is 32.8 Å². The van der Waals surface area contributed by atoms with Gasteiger partial charge in [0.2, 0.25) is 0 Å². The first kappa shape index (κ1) is 12.7. The number of hydrogen-bond acceptors (Lipinski definition) is 2. The summed E-state index contributed by atoms with van der Waals surface area (Å²) in [5, 5.41) is 3.13. The summed E-state index contributed by atoms with van der Waals surface area (Å²) in [5.74, 6) is 0. The monoisotopic (exact) mass is 247 g/mol. The van der Waals surface area contributed by atoms with E-state index in [0.717, 1.165) is 37.2 Å². The molecule has 0 radical (unpaired) electrons. The molecule has 3 N–H and O–H groups in total. The zero-order chi connectivity index (χ0) is 13.2. The zero-order valence-electron chi connectivity index (χ0n) is 11.1. The average Bonchev–Trinajstić information content (AvgIpc) is 3.12. The fourth-order valence-electron chi connectivity index (χ4n) is 2.31. The van der Waals surface area contributed by atoms with E-state index in [0.29, 0.717) is 0 Å². The van der Waals surface area contributed by atoms with E-state index in [-0.39, 0.29) is 11.6 Å². The van der Waals surface area contributed by atoms with Gasteiger partial charge in [0, 0.05) is 24.3 Å². The van der Waals surface area contributed by atoms with Gasteiger partial charge in [-0.15, -0.1) is 0 Å². The lowest BCUT2D eigenvalue weighted by Gasteiger charge is -2.25. The van der Waals surface area contributed by atoms with E-state index in [9.17, 15) is 4.79 Å². The third-order valence-corrected chi connectivity index (χ3v) is 3.62.